The third kappa shape index (κ3) is 7.42. The number of amides is 1. The van der Waals surface area contributed by atoms with E-state index >= 15 is 0 Å². The number of carbonyl (C=O) groups excluding carboxylic acids is 1. The van der Waals surface area contributed by atoms with Gasteiger partial charge >= 0.3 is 0 Å². The maximum Gasteiger partial charge on any atom is 0.270 e. The number of halogens is 2. The number of nitrogens with one attached hydrogen (secondary N) is 1. The van der Waals surface area contributed by atoms with Gasteiger partial charge in [-0.05, 0) is 92.4 Å². The Kier molecular flexibility index (Phi) is 9.89. The van der Waals surface area contributed by atoms with Crippen LogP contribution in [-0.4, -0.2) is 66.5 Å². The first-order chi connectivity index (χ1) is 19.7. The average Bonchev–Trinajstić information content (AvgIpc) is 3.69. The van der Waals surface area contributed by atoms with Gasteiger partial charge in [0, 0.05) is 54.1 Å². The molecule has 2 saturated heterocycles. The molecule has 1 aromatic heterocycles. The van der Waals surface area contributed by atoms with Crippen molar-refractivity contribution in [2.75, 3.05) is 50.7 Å². The molecule has 2 aliphatic rings. The largest absolute Gasteiger partial charge is 0.370 e. The van der Waals surface area contributed by atoms with E-state index in [2.05, 4.69) is 65.6 Å². The number of nitrogens with zero attached hydrogens (tertiary/aromatic N) is 3. The molecule has 0 radical (unpaired) electrons. The fraction of sp³-hybridized carbons (Fsp3) is 0.559. The van der Waals surface area contributed by atoms with E-state index in [9.17, 15) is 4.79 Å². The van der Waals surface area contributed by atoms with Gasteiger partial charge in [-0.25, -0.2) is 0 Å². The Morgan fingerprint density at radius 2 is 1.59 bits per heavy atom. The summed E-state index contributed by atoms with van der Waals surface area (Å²) >= 11 is 12.9. The number of carbonyl (C=O) groups is 1. The van der Waals surface area contributed by atoms with Crippen molar-refractivity contribution in [1.82, 2.24) is 14.8 Å². The van der Waals surface area contributed by atoms with Crippen molar-refractivity contribution in [2.24, 2.45) is 17.8 Å². The minimum Gasteiger partial charge on any atom is -0.370 e. The Hall–Kier alpha value is -2.21. The second-order valence-electron chi connectivity index (χ2n) is 13.1. The molecule has 222 valence electrons. The smallest absolute Gasteiger partial charge is 0.270 e. The monoisotopic (exact) mass is 596 g/mol. The molecule has 7 heteroatoms. The molecule has 2 atom stereocenters. The number of aromatic amines is 1. The van der Waals surface area contributed by atoms with Crippen molar-refractivity contribution in [3.63, 3.8) is 0 Å². The summed E-state index contributed by atoms with van der Waals surface area (Å²) < 4.78 is 0. The van der Waals surface area contributed by atoms with Gasteiger partial charge in [0.15, 0.2) is 0 Å². The Balaban J connectivity index is 1.41. The van der Waals surface area contributed by atoms with Crippen LogP contribution < -0.4 is 4.90 Å². The summed E-state index contributed by atoms with van der Waals surface area (Å²) in [7, 11) is 0. The molecule has 1 amide bonds. The minimum absolute atomic E-state index is 0.0714. The normalized spacial score (nSPS) is 19.8. The lowest BCUT2D eigenvalue weighted by Gasteiger charge is -2.27. The molecule has 2 aliphatic heterocycles. The van der Waals surface area contributed by atoms with Crippen LogP contribution in [0.3, 0.4) is 0 Å². The van der Waals surface area contributed by atoms with Crippen molar-refractivity contribution in [3.05, 3.63) is 63.8 Å². The summed E-state index contributed by atoms with van der Waals surface area (Å²) in [4.78, 5) is 24.7. The minimum atomic E-state index is 0.0714. The van der Waals surface area contributed by atoms with E-state index in [1.807, 2.05) is 24.3 Å². The summed E-state index contributed by atoms with van der Waals surface area (Å²) in [5.74, 6) is 2.00. The predicted molar refractivity (Wildman–Crippen MR) is 174 cm³/mol. The van der Waals surface area contributed by atoms with Crippen LogP contribution >= 0.6 is 23.2 Å². The lowest BCUT2D eigenvalue weighted by Crippen LogP contribution is -2.32. The van der Waals surface area contributed by atoms with Gasteiger partial charge in [-0.3, -0.25) is 4.79 Å². The summed E-state index contributed by atoms with van der Waals surface area (Å²) in [6, 6.07) is 14.3. The van der Waals surface area contributed by atoms with E-state index in [1.54, 1.807) is 0 Å². The molecule has 0 saturated carbocycles. The number of H-pyrrole nitrogens is 1. The standard InChI is InChI=1S/C34H46Cl2N4O/c1-23(2)11-15-39(16-12-24(3)4)32-19-29(36)17-26-18-31(37-33(26)32)34(41)40-21-27(20-38-13-5-6-14-38)30(22-40)25-7-9-28(35)10-8-25/h7-10,17-19,23-24,27,30,37H,5-6,11-16,20-22H2,1-4H3/t27-,30?/m1/s1. The second-order valence-corrected chi connectivity index (χ2v) is 13.9. The molecule has 2 aromatic carbocycles. The number of likely N-dealkylation sites (tertiary alicyclic amines) is 2. The summed E-state index contributed by atoms with van der Waals surface area (Å²) in [5, 5.41) is 2.45. The van der Waals surface area contributed by atoms with E-state index < -0.39 is 0 Å². The molecule has 41 heavy (non-hydrogen) atoms. The van der Waals surface area contributed by atoms with E-state index in [1.165, 1.54) is 18.4 Å². The molecule has 3 aromatic rings. The number of hydrogen-bond acceptors (Lipinski definition) is 3. The number of anilines is 1. The van der Waals surface area contributed by atoms with Crippen LogP contribution in [-0.2, 0) is 0 Å². The fourth-order valence-electron chi connectivity index (χ4n) is 6.51. The van der Waals surface area contributed by atoms with Crippen molar-refractivity contribution in [2.45, 2.75) is 59.3 Å². The molecule has 0 bridgehead atoms. The Morgan fingerprint density at radius 3 is 2.22 bits per heavy atom. The van der Waals surface area contributed by atoms with Crippen LogP contribution in [0.4, 0.5) is 5.69 Å². The van der Waals surface area contributed by atoms with E-state index in [0.717, 1.165) is 80.3 Å². The number of benzene rings is 2. The first-order valence-electron chi connectivity index (χ1n) is 15.5. The SMILES string of the molecule is CC(C)CCN(CCC(C)C)c1cc(Cl)cc2cc(C(=O)N3CC(c4ccc(Cl)cc4)[C@H](CN4CCCC4)C3)[nH]c12. The highest BCUT2D eigenvalue weighted by Crippen LogP contribution is 2.37. The Morgan fingerprint density at radius 1 is 0.927 bits per heavy atom. The first kappa shape index (κ1) is 30.3. The molecule has 1 unspecified atom stereocenters. The molecule has 0 spiro atoms. The number of aromatic nitrogens is 1. The van der Waals surface area contributed by atoms with Crippen LogP contribution in [0, 0.1) is 17.8 Å². The summed E-state index contributed by atoms with van der Waals surface area (Å²) in [6.45, 7) is 15.8. The fourth-order valence-corrected chi connectivity index (χ4v) is 6.86. The van der Waals surface area contributed by atoms with E-state index in [-0.39, 0.29) is 5.91 Å². The van der Waals surface area contributed by atoms with E-state index in [4.69, 9.17) is 23.2 Å². The highest BCUT2D eigenvalue weighted by molar-refractivity contribution is 6.32. The zero-order valence-corrected chi connectivity index (χ0v) is 26.6. The number of hydrogen-bond donors (Lipinski definition) is 1. The van der Waals surface area contributed by atoms with Gasteiger partial charge in [0.2, 0.25) is 0 Å². The van der Waals surface area contributed by atoms with Gasteiger partial charge in [-0.1, -0.05) is 63.0 Å². The van der Waals surface area contributed by atoms with Crippen molar-refractivity contribution >= 4 is 45.7 Å². The topological polar surface area (TPSA) is 42.6 Å². The highest BCUT2D eigenvalue weighted by atomic mass is 35.5. The van der Waals surface area contributed by atoms with Gasteiger partial charge in [-0.2, -0.15) is 0 Å². The van der Waals surface area contributed by atoms with Crippen molar-refractivity contribution in [1.29, 1.82) is 0 Å². The predicted octanol–water partition coefficient (Wildman–Crippen LogP) is 8.32. The zero-order valence-electron chi connectivity index (χ0n) is 25.1. The van der Waals surface area contributed by atoms with Crippen LogP contribution in [0.25, 0.3) is 10.9 Å². The Labute approximate surface area is 256 Å². The lowest BCUT2D eigenvalue weighted by atomic mass is 9.88. The maximum atomic E-state index is 14.0. The number of rotatable bonds is 11. The molecule has 3 heterocycles. The van der Waals surface area contributed by atoms with E-state index in [0.29, 0.717) is 34.4 Å². The zero-order chi connectivity index (χ0) is 29.1. The number of fused-ring (bicyclic) bond motifs is 1. The van der Waals surface area contributed by atoms with Gasteiger partial charge in [0.25, 0.3) is 5.91 Å². The molecule has 5 rings (SSSR count). The molecular weight excluding hydrogens is 551 g/mol. The lowest BCUT2D eigenvalue weighted by molar-refractivity contribution is 0.0778. The quantitative estimate of drug-likeness (QED) is 0.242. The van der Waals surface area contributed by atoms with Gasteiger partial charge < -0.3 is 19.7 Å². The van der Waals surface area contributed by atoms with Crippen LogP contribution in [0.5, 0.6) is 0 Å². The third-order valence-electron chi connectivity index (χ3n) is 8.91. The van der Waals surface area contributed by atoms with Gasteiger partial charge in [0.05, 0.1) is 11.2 Å². The van der Waals surface area contributed by atoms with Gasteiger partial charge in [0.1, 0.15) is 5.69 Å². The van der Waals surface area contributed by atoms with Gasteiger partial charge in [-0.15, -0.1) is 0 Å². The molecular formula is C34H46Cl2N4O. The van der Waals surface area contributed by atoms with Crippen LogP contribution in [0.2, 0.25) is 10.0 Å². The third-order valence-corrected chi connectivity index (χ3v) is 9.38. The molecule has 5 nitrogen and oxygen atoms in total. The van der Waals surface area contributed by atoms with Crippen LogP contribution in [0.1, 0.15) is 75.3 Å². The summed E-state index contributed by atoms with van der Waals surface area (Å²) in [5.41, 5.74) is 4.02. The van der Waals surface area contributed by atoms with Crippen LogP contribution in [0.15, 0.2) is 42.5 Å². The summed E-state index contributed by atoms with van der Waals surface area (Å²) in [6.07, 6.45) is 4.76. The molecule has 2 fully saturated rings. The Bertz CT molecular complexity index is 1300. The second kappa shape index (κ2) is 13.4. The first-order valence-corrected chi connectivity index (χ1v) is 16.3. The molecule has 0 aliphatic carbocycles. The van der Waals surface area contributed by atoms with Crippen molar-refractivity contribution in [3.8, 4) is 0 Å². The van der Waals surface area contributed by atoms with Crippen molar-refractivity contribution < 1.29 is 4.79 Å². The highest BCUT2D eigenvalue weighted by Gasteiger charge is 2.38. The molecule has 1 N–H and O–H groups in total. The average molecular weight is 598 g/mol. The maximum absolute atomic E-state index is 14.0.